The van der Waals surface area contributed by atoms with Gasteiger partial charge in [0.1, 0.15) is 0 Å². The van der Waals surface area contributed by atoms with Crippen molar-refractivity contribution >= 4 is 17.7 Å². The Morgan fingerprint density at radius 1 is 1.60 bits per heavy atom. The zero-order valence-corrected chi connectivity index (χ0v) is 10.1. The maximum absolute atomic E-state index is 11.9. The molecule has 0 spiro atoms. The molecule has 0 bridgehead atoms. The molecular weight excluding hydrogens is 208 g/mol. The van der Waals surface area contributed by atoms with Gasteiger partial charge in [0.15, 0.2) is 0 Å². The standard InChI is InChI=1S/C11H18N2OS/c1-4-5-10(12)11(14)13-6-8(2)15-9(3)7-13/h1,8-10H,5-7,12H2,2-3H3. The SMILES string of the molecule is C#CCC(N)C(=O)N1CC(C)SC(C)C1. The normalized spacial score (nSPS) is 28.3. The number of terminal acetylenes is 1. The van der Waals surface area contributed by atoms with Crippen LogP contribution >= 0.6 is 11.8 Å². The van der Waals surface area contributed by atoms with Crippen molar-refractivity contribution in [3.8, 4) is 12.3 Å². The zero-order valence-electron chi connectivity index (χ0n) is 9.27. The van der Waals surface area contributed by atoms with Crippen molar-refractivity contribution in [1.82, 2.24) is 4.90 Å². The number of rotatable bonds is 2. The highest BCUT2D eigenvalue weighted by atomic mass is 32.2. The van der Waals surface area contributed by atoms with E-state index < -0.39 is 6.04 Å². The Hall–Kier alpha value is -0.660. The Morgan fingerprint density at radius 2 is 2.13 bits per heavy atom. The summed E-state index contributed by atoms with van der Waals surface area (Å²) in [4.78, 5) is 13.7. The van der Waals surface area contributed by atoms with Gasteiger partial charge < -0.3 is 10.6 Å². The van der Waals surface area contributed by atoms with Crippen molar-refractivity contribution in [3.05, 3.63) is 0 Å². The molecular formula is C11H18N2OS. The smallest absolute Gasteiger partial charge is 0.240 e. The van der Waals surface area contributed by atoms with Crippen LogP contribution in [0.1, 0.15) is 20.3 Å². The quantitative estimate of drug-likeness (QED) is 0.705. The summed E-state index contributed by atoms with van der Waals surface area (Å²) in [6.45, 7) is 5.83. The van der Waals surface area contributed by atoms with Crippen LogP contribution in [-0.2, 0) is 4.79 Å². The van der Waals surface area contributed by atoms with Gasteiger partial charge in [-0.3, -0.25) is 4.79 Å². The lowest BCUT2D eigenvalue weighted by molar-refractivity contribution is -0.132. The average Bonchev–Trinajstić information content (AvgIpc) is 2.15. The highest BCUT2D eigenvalue weighted by molar-refractivity contribution is 8.00. The van der Waals surface area contributed by atoms with E-state index in [0.717, 1.165) is 13.1 Å². The molecule has 1 heterocycles. The minimum atomic E-state index is -0.530. The monoisotopic (exact) mass is 226 g/mol. The molecule has 0 aromatic rings. The zero-order chi connectivity index (χ0) is 11.4. The molecule has 0 aromatic heterocycles. The van der Waals surface area contributed by atoms with Crippen LogP contribution in [0.4, 0.5) is 0 Å². The van der Waals surface area contributed by atoms with Gasteiger partial charge in [0.05, 0.1) is 6.04 Å². The van der Waals surface area contributed by atoms with Crippen molar-refractivity contribution in [1.29, 1.82) is 0 Å². The van der Waals surface area contributed by atoms with Crippen LogP contribution in [0.5, 0.6) is 0 Å². The van der Waals surface area contributed by atoms with Crippen molar-refractivity contribution in [2.75, 3.05) is 13.1 Å². The van der Waals surface area contributed by atoms with E-state index in [1.807, 2.05) is 16.7 Å². The van der Waals surface area contributed by atoms with Gasteiger partial charge in [-0.15, -0.1) is 12.3 Å². The van der Waals surface area contributed by atoms with E-state index in [4.69, 9.17) is 12.2 Å². The van der Waals surface area contributed by atoms with Crippen LogP contribution in [0.25, 0.3) is 0 Å². The number of carbonyl (C=O) groups excluding carboxylic acids is 1. The van der Waals surface area contributed by atoms with Crippen molar-refractivity contribution in [3.63, 3.8) is 0 Å². The van der Waals surface area contributed by atoms with Gasteiger partial charge in [-0.2, -0.15) is 11.8 Å². The minimum absolute atomic E-state index is 0.00745. The molecule has 15 heavy (non-hydrogen) atoms. The van der Waals surface area contributed by atoms with Crippen LogP contribution in [0.15, 0.2) is 0 Å². The molecule has 1 aliphatic heterocycles. The summed E-state index contributed by atoms with van der Waals surface area (Å²) < 4.78 is 0. The maximum Gasteiger partial charge on any atom is 0.240 e. The Morgan fingerprint density at radius 3 is 2.60 bits per heavy atom. The average molecular weight is 226 g/mol. The highest BCUT2D eigenvalue weighted by Crippen LogP contribution is 2.24. The summed E-state index contributed by atoms with van der Waals surface area (Å²) in [6, 6.07) is -0.530. The van der Waals surface area contributed by atoms with Crippen LogP contribution in [0.2, 0.25) is 0 Å². The van der Waals surface area contributed by atoms with Gasteiger partial charge in [-0.05, 0) is 0 Å². The van der Waals surface area contributed by atoms with E-state index in [9.17, 15) is 4.79 Å². The number of amides is 1. The first kappa shape index (κ1) is 12.4. The second-order valence-corrected chi connectivity index (χ2v) is 5.90. The predicted octanol–water partition coefficient (Wildman–Crippen LogP) is 0.689. The number of thioether (sulfide) groups is 1. The lowest BCUT2D eigenvalue weighted by Gasteiger charge is -2.35. The second kappa shape index (κ2) is 5.43. The number of nitrogens with zero attached hydrogens (tertiary/aromatic N) is 1. The molecule has 0 aromatic carbocycles. The predicted molar refractivity (Wildman–Crippen MR) is 64.5 cm³/mol. The number of carbonyl (C=O) groups is 1. The lowest BCUT2D eigenvalue weighted by Crippen LogP contribution is -2.50. The Balaban J connectivity index is 2.55. The van der Waals surface area contributed by atoms with E-state index >= 15 is 0 Å². The van der Waals surface area contributed by atoms with Gasteiger partial charge in [0.2, 0.25) is 5.91 Å². The fraction of sp³-hybridized carbons (Fsp3) is 0.727. The summed E-state index contributed by atoms with van der Waals surface area (Å²) in [6.07, 6.45) is 5.47. The first-order valence-electron chi connectivity index (χ1n) is 5.18. The first-order chi connectivity index (χ1) is 7.04. The van der Waals surface area contributed by atoms with Crippen LogP contribution in [0.3, 0.4) is 0 Å². The van der Waals surface area contributed by atoms with Crippen molar-refractivity contribution < 1.29 is 4.79 Å². The minimum Gasteiger partial charge on any atom is -0.339 e. The van der Waals surface area contributed by atoms with Gasteiger partial charge in [-0.1, -0.05) is 13.8 Å². The molecule has 3 atom stereocenters. The van der Waals surface area contributed by atoms with Gasteiger partial charge in [-0.25, -0.2) is 0 Å². The fourth-order valence-corrected chi connectivity index (χ4v) is 3.13. The van der Waals surface area contributed by atoms with Crippen LogP contribution in [0, 0.1) is 12.3 Å². The largest absolute Gasteiger partial charge is 0.339 e. The number of hydrogen-bond acceptors (Lipinski definition) is 3. The van der Waals surface area contributed by atoms with Crippen LogP contribution in [-0.4, -0.2) is 40.4 Å². The fourth-order valence-electron chi connectivity index (χ4n) is 1.81. The maximum atomic E-state index is 11.9. The van der Waals surface area contributed by atoms with Crippen molar-refractivity contribution in [2.24, 2.45) is 5.73 Å². The lowest BCUT2D eigenvalue weighted by atomic mass is 10.2. The molecule has 84 valence electrons. The molecule has 1 saturated heterocycles. The summed E-state index contributed by atoms with van der Waals surface area (Å²) in [5.74, 6) is 2.42. The molecule has 2 N–H and O–H groups in total. The van der Waals surface area contributed by atoms with Gasteiger partial charge in [0.25, 0.3) is 0 Å². The van der Waals surface area contributed by atoms with E-state index in [2.05, 4.69) is 19.8 Å². The van der Waals surface area contributed by atoms with Crippen LogP contribution < -0.4 is 5.73 Å². The van der Waals surface area contributed by atoms with Crippen molar-refractivity contribution in [2.45, 2.75) is 36.8 Å². The molecule has 4 heteroatoms. The second-order valence-electron chi connectivity index (χ2n) is 4.02. The van der Waals surface area contributed by atoms with Gasteiger partial charge in [0, 0.05) is 30.0 Å². The Bertz CT molecular complexity index is 264. The Labute approximate surface area is 95.8 Å². The molecule has 0 aliphatic carbocycles. The van der Waals surface area contributed by atoms with E-state index in [1.165, 1.54) is 0 Å². The summed E-state index contributed by atoms with van der Waals surface area (Å²) >= 11 is 1.91. The molecule has 1 fully saturated rings. The Kier molecular flexibility index (Phi) is 4.49. The van der Waals surface area contributed by atoms with E-state index in [1.54, 1.807) is 0 Å². The van der Waals surface area contributed by atoms with E-state index in [-0.39, 0.29) is 5.91 Å². The summed E-state index contributed by atoms with van der Waals surface area (Å²) in [5.41, 5.74) is 5.71. The van der Waals surface area contributed by atoms with E-state index in [0.29, 0.717) is 16.9 Å². The molecule has 3 nitrogen and oxygen atoms in total. The number of nitrogens with two attached hydrogens (primary N) is 1. The third kappa shape index (κ3) is 3.44. The molecule has 3 unspecified atom stereocenters. The molecule has 1 amide bonds. The number of hydrogen-bond donors (Lipinski definition) is 1. The first-order valence-corrected chi connectivity index (χ1v) is 6.12. The highest BCUT2D eigenvalue weighted by Gasteiger charge is 2.28. The molecule has 1 aliphatic rings. The summed E-state index contributed by atoms with van der Waals surface area (Å²) in [5, 5.41) is 0.964. The summed E-state index contributed by atoms with van der Waals surface area (Å²) in [7, 11) is 0. The topological polar surface area (TPSA) is 46.3 Å². The van der Waals surface area contributed by atoms with Gasteiger partial charge >= 0.3 is 0 Å². The molecule has 1 rings (SSSR count). The third-order valence-corrected chi connectivity index (χ3v) is 3.61. The molecule has 0 saturated carbocycles. The molecule has 0 radical (unpaired) electrons. The third-order valence-electron chi connectivity index (χ3n) is 2.39.